The predicted molar refractivity (Wildman–Crippen MR) is 61.2 cm³/mol. The van der Waals surface area contributed by atoms with Gasteiger partial charge >= 0.3 is 11.9 Å². The van der Waals surface area contributed by atoms with Crippen LogP contribution in [0.15, 0.2) is 11.6 Å². The maximum atomic E-state index is 13.1. The Balaban J connectivity index is 3.66. The van der Waals surface area contributed by atoms with Gasteiger partial charge in [-0.3, -0.25) is 9.59 Å². The molecule has 0 amide bonds. The molecule has 0 radical (unpaired) electrons. The largest absolute Gasteiger partial charge is 0.469 e. The fraction of sp³-hybridized carbons (Fsp3) is 0.667. The van der Waals surface area contributed by atoms with Crippen molar-refractivity contribution in [3.05, 3.63) is 11.6 Å². The number of carbonyl (C=O) groups is 2. The summed E-state index contributed by atoms with van der Waals surface area (Å²) in [5.74, 6) is -0.996. The molecule has 0 bridgehead atoms. The number of hydrogen-bond acceptors (Lipinski definition) is 4. The van der Waals surface area contributed by atoms with Crippen molar-refractivity contribution in [2.75, 3.05) is 13.7 Å². The minimum atomic E-state index is -1.33. The first-order valence-electron chi connectivity index (χ1n) is 5.45. The van der Waals surface area contributed by atoms with E-state index >= 15 is 0 Å². The van der Waals surface area contributed by atoms with Crippen molar-refractivity contribution >= 4 is 11.9 Å². The maximum absolute atomic E-state index is 13.1. The van der Waals surface area contributed by atoms with Gasteiger partial charge in [0.25, 0.3) is 0 Å². The minimum Gasteiger partial charge on any atom is -0.469 e. The molecule has 5 heteroatoms. The van der Waals surface area contributed by atoms with E-state index < -0.39 is 18.1 Å². The quantitative estimate of drug-likeness (QED) is 0.510. The van der Waals surface area contributed by atoms with Crippen LogP contribution in [-0.4, -0.2) is 31.8 Å². The summed E-state index contributed by atoms with van der Waals surface area (Å²) >= 11 is 0. The minimum absolute atomic E-state index is 0.00958. The second-order valence-corrected chi connectivity index (χ2v) is 3.87. The van der Waals surface area contributed by atoms with E-state index in [0.717, 1.165) is 5.57 Å². The van der Waals surface area contributed by atoms with Gasteiger partial charge in [-0.1, -0.05) is 11.6 Å². The van der Waals surface area contributed by atoms with Crippen LogP contribution in [0.3, 0.4) is 0 Å². The van der Waals surface area contributed by atoms with Gasteiger partial charge in [0.15, 0.2) is 0 Å². The Kier molecular flexibility index (Phi) is 8.01. The molecule has 0 aliphatic rings. The van der Waals surface area contributed by atoms with Crippen LogP contribution < -0.4 is 0 Å². The van der Waals surface area contributed by atoms with Gasteiger partial charge in [-0.15, -0.1) is 0 Å². The molecule has 0 rings (SSSR count). The van der Waals surface area contributed by atoms with Gasteiger partial charge in [0.05, 0.1) is 26.6 Å². The summed E-state index contributed by atoms with van der Waals surface area (Å²) in [4.78, 5) is 21.8. The highest BCUT2D eigenvalue weighted by Gasteiger charge is 2.13. The molecular formula is C12H19FO4. The van der Waals surface area contributed by atoms with Crippen LogP contribution in [0.5, 0.6) is 0 Å². The number of rotatable bonds is 7. The van der Waals surface area contributed by atoms with Crippen LogP contribution in [0.2, 0.25) is 0 Å². The first kappa shape index (κ1) is 15.6. The SMILES string of the molecule is COC(=O)CC(F)CCOC(=O)CC=C(C)C. The van der Waals surface area contributed by atoms with Crippen LogP contribution in [0, 0.1) is 0 Å². The first-order chi connectivity index (χ1) is 7.95. The summed E-state index contributed by atoms with van der Waals surface area (Å²) in [5.41, 5.74) is 1.02. The summed E-state index contributed by atoms with van der Waals surface area (Å²) in [7, 11) is 1.20. The van der Waals surface area contributed by atoms with Crippen LogP contribution in [0.1, 0.15) is 33.1 Å². The lowest BCUT2D eigenvalue weighted by atomic mass is 10.2. The molecule has 0 spiro atoms. The molecule has 17 heavy (non-hydrogen) atoms. The molecule has 0 saturated carbocycles. The second-order valence-electron chi connectivity index (χ2n) is 3.87. The van der Waals surface area contributed by atoms with Crippen molar-refractivity contribution in [2.45, 2.75) is 39.3 Å². The van der Waals surface area contributed by atoms with Crippen molar-refractivity contribution in [2.24, 2.45) is 0 Å². The van der Waals surface area contributed by atoms with E-state index in [1.807, 2.05) is 13.8 Å². The lowest BCUT2D eigenvalue weighted by Gasteiger charge is -2.07. The van der Waals surface area contributed by atoms with Crippen LogP contribution in [0.25, 0.3) is 0 Å². The van der Waals surface area contributed by atoms with Crippen LogP contribution >= 0.6 is 0 Å². The molecule has 1 atom stereocenters. The van der Waals surface area contributed by atoms with Gasteiger partial charge in [-0.2, -0.15) is 0 Å². The Bertz CT molecular complexity index is 282. The number of allylic oxidation sites excluding steroid dienone is 1. The molecule has 0 aromatic carbocycles. The molecule has 1 unspecified atom stereocenters. The monoisotopic (exact) mass is 246 g/mol. The average molecular weight is 246 g/mol. The van der Waals surface area contributed by atoms with Gasteiger partial charge in [0, 0.05) is 6.42 Å². The molecule has 0 aliphatic carbocycles. The Labute approximate surface area is 101 Å². The topological polar surface area (TPSA) is 52.6 Å². The Hall–Kier alpha value is -1.39. The molecule has 0 aromatic heterocycles. The molecule has 4 nitrogen and oxygen atoms in total. The van der Waals surface area contributed by atoms with Gasteiger partial charge in [-0.05, 0) is 13.8 Å². The number of ether oxygens (including phenoxy) is 2. The van der Waals surface area contributed by atoms with Crippen molar-refractivity contribution in [1.29, 1.82) is 0 Å². The van der Waals surface area contributed by atoms with Gasteiger partial charge in [-0.25, -0.2) is 4.39 Å². The summed E-state index contributed by atoms with van der Waals surface area (Å²) < 4.78 is 22.2. The predicted octanol–water partition coefficient (Wildman–Crippen LogP) is 2.18. The molecule has 0 aromatic rings. The number of carbonyl (C=O) groups excluding carboxylic acids is 2. The number of alkyl halides is 1. The van der Waals surface area contributed by atoms with Crippen molar-refractivity contribution < 1.29 is 23.5 Å². The standard InChI is InChI=1S/C12H19FO4/c1-9(2)4-5-11(14)17-7-6-10(13)8-12(15)16-3/h4,10H,5-8H2,1-3H3. The normalized spacial score (nSPS) is 11.5. The molecule has 0 heterocycles. The average Bonchev–Trinajstić information content (AvgIpc) is 2.26. The summed E-state index contributed by atoms with van der Waals surface area (Å²) in [6.45, 7) is 3.73. The van der Waals surface area contributed by atoms with Crippen molar-refractivity contribution in [3.8, 4) is 0 Å². The van der Waals surface area contributed by atoms with Gasteiger partial charge < -0.3 is 9.47 Å². The molecule has 0 saturated heterocycles. The summed E-state index contributed by atoms with van der Waals surface area (Å²) in [6.07, 6.45) is 0.302. The zero-order chi connectivity index (χ0) is 13.3. The number of esters is 2. The highest BCUT2D eigenvalue weighted by atomic mass is 19.1. The first-order valence-corrected chi connectivity index (χ1v) is 5.45. The van der Waals surface area contributed by atoms with Crippen LogP contribution in [0.4, 0.5) is 4.39 Å². The fourth-order valence-corrected chi connectivity index (χ4v) is 1.01. The van der Waals surface area contributed by atoms with E-state index in [1.165, 1.54) is 7.11 Å². The van der Waals surface area contributed by atoms with Gasteiger partial charge in [0.1, 0.15) is 6.17 Å². The van der Waals surface area contributed by atoms with Crippen LogP contribution in [-0.2, 0) is 19.1 Å². The Morgan fingerprint density at radius 1 is 1.29 bits per heavy atom. The molecule has 0 N–H and O–H groups in total. The third kappa shape index (κ3) is 9.53. The van der Waals surface area contributed by atoms with E-state index in [4.69, 9.17) is 4.74 Å². The highest BCUT2D eigenvalue weighted by molar-refractivity contribution is 5.71. The fourth-order valence-electron chi connectivity index (χ4n) is 1.01. The second kappa shape index (κ2) is 8.73. The molecule has 98 valence electrons. The van der Waals surface area contributed by atoms with E-state index in [-0.39, 0.29) is 25.9 Å². The molecular weight excluding hydrogens is 227 g/mol. The summed E-state index contributed by atoms with van der Waals surface area (Å²) in [5, 5.41) is 0. The number of methoxy groups -OCH3 is 1. The third-order valence-electron chi connectivity index (χ3n) is 1.99. The smallest absolute Gasteiger partial charge is 0.309 e. The Morgan fingerprint density at radius 2 is 1.94 bits per heavy atom. The van der Waals surface area contributed by atoms with Crippen molar-refractivity contribution in [3.63, 3.8) is 0 Å². The zero-order valence-electron chi connectivity index (χ0n) is 10.5. The van der Waals surface area contributed by atoms with Gasteiger partial charge in [0.2, 0.25) is 0 Å². The third-order valence-corrected chi connectivity index (χ3v) is 1.99. The van der Waals surface area contributed by atoms with E-state index in [0.29, 0.717) is 0 Å². The number of halogens is 1. The molecule has 0 aliphatic heterocycles. The maximum Gasteiger partial charge on any atom is 0.309 e. The highest BCUT2D eigenvalue weighted by Crippen LogP contribution is 2.05. The molecule has 0 fully saturated rings. The lowest BCUT2D eigenvalue weighted by Crippen LogP contribution is -2.14. The zero-order valence-corrected chi connectivity index (χ0v) is 10.5. The summed E-state index contributed by atoms with van der Waals surface area (Å²) in [6, 6.07) is 0. The van der Waals surface area contributed by atoms with E-state index in [2.05, 4.69) is 4.74 Å². The Morgan fingerprint density at radius 3 is 2.47 bits per heavy atom. The number of hydrogen-bond donors (Lipinski definition) is 0. The van der Waals surface area contributed by atoms with Crippen molar-refractivity contribution in [1.82, 2.24) is 0 Å². The van der Waals surface area contributed by atoms with E-state index in [1.54, 1.807) is 6.08 Å². The van der Waals surface area contributed by atoms with E-state index in [9.17, 15) is 14.0 Å². The lowest BCUT2D eigenvalue weighted by molar-refractivity contribution is -0.143.